The zero-order chi connectivity index (χ0) is 75.0. The molecule has 12 aromatic rings. The molecule has 6 aromatic heterocycles. The van der Waals surface area contributed by atoms with Gasteiger partial charge in [0.05, 0.1) is 25.7 Å². The van der Waals surface area contributed by atoms with Crippen LogP contribution < -0.4 is 28.9 Å². The Kier molecular flexibility index (Phi) is 22.4. The van der Waals surface area contributed by atoms with Gasteiger partial charge in [0, 0.05) is 178 Å². The third kappa shape index (κ3) is 17.4. The average Bonchev–Trinajstić information content (AvgIpc) is 1.75. The quantitative estimate of drug-likeness (QED) is 0.0677. The first-order valence-corrected chi connectivity index (χ1v) is 39.7. The zero-order valence-electron chi connectivity index (χ0n) is 57.8. The van der Waals surface area contributed by atoms with Crippen LogP contribution in [0.2, 0.25) is 5.02 Å². The Hall–Kier alpha value is -11.1. The highest BCUT2D eigenvalue weighted by atomic mass is 35.5. The average molecular weight is 1560 g/mol. The number of carbonyl (C=O) groups excluding carboxylic acids is 3. The van der Waals surface area contributed by atoms with Crippen LogP contribution in [-0.4, -0.2) is 179 Å². The zero-order valence-corrected chi connectivity index (χ0v) is 61.9. The summed E-state index contributed by atoms with van der Waals surface area (Å²) in [6.45, 7) is 11.2. The molecule has 0 aliphatic carbocycles. The van der Waals surface area contributed by atoms with Crippen LogP contribution in [0.1, 0.15) is 32.0 Å². The van der Waals surface area contributed by atoms with E-state index in [1.165, 1.54) is 55.6 Å². The molecule has 27 nitrogen and oxygen atoms in total. The molecule has 9 heterocycles. The fraction of sp³-hybridized carbons (Fsp3) is 0.247. The molecule has 0 spiro atoms. The van der Waals surface area contributed by atoms with Gasteiger partial charge in [0.2, 0.25) is 22.9 Å². The molecule has 0 bridgehead atoms. The predicted molar refractivity (Wildman–Crippen MR) is 415 cm³/mol. The van der Waals surface area contributed by atoms with Gasteiger partial charge in [0.1, 0.15) is 54.8 Å². The van der Waals surface area contributed by atoms with Crippen molar-refractivity contribution in [2.75, 3.05) is 101 Å². The number of sulfonamides is 3. The lowest BCUT2D eigenvalue weighted by Crippen LogP contribution is -2.54. The Morgan fingerprint density at radius 3 is 1.60 bits per heavy atom. The van der Waals surface area contributed by atoms with Gasteiger partial charge in [-0.05, 0) is 159 Å². The van der Waals surface area contributed by atoms with Crippen LogP contribution in [0, 0.1) is 11.6 Å². The van der Waals surface area contributed by atoms with E-state index >= 15 is 0 Å². The standard InChI is InChI=1S/C26H27FN6O3S.C24H23ClN6O3S.C23H23FN6O3S2.4H2/c1-19-17-32(20-5-7-21(8-6-20)37(35,36)30-25-9-12-28-18-29-25)15-16-33(19)26(34)11-14-31-13-10-22-23(27)3-2-4-24(22)31;25-19-2-1-18-8-10-31(22(18)15-19)16-24(32)30-13-11-29(12-14-30)20-3-5-21(6-4-20)35(33,34)28-23-7-9-26-17-27-23;1-16(30-10-9-19-20(24)3-2-4-21(19)30)22(31)29-13-11-28(12-14-29)17-5-7-18(8-6-17)35(32,33)27-23-25-15-26-34-23;;;;/h2-10,12-13,18-19H,11,14-17H2,1H3,(H,28,29,30);1-10,15,17H,11-14,16H2,(H,26,27,28);2-10,15-16H,11-14H2,1H3,(H,25,26,27);4*1H/t19-;;16-;;;;/m1.1..../s1. The molecule has 34 heteroatoms. The predicted octanol–water partition coefficient (Wildman–Crippen LogP) is 11.1. The Labute approximate surface area is 630 Å². The van der Waals surface area contributed by atoms with Crippen LogP contribution in [0.15, 0.2) is 222 Å². The number of aromatic nitrogens is 9. The number of carbonyl (C=O) groups is 3. The molecule has 6 aromatic carbocycles. The number of amides is 3. The summed E-state index contributed by atoms with van der Waals surface area (Å²) in [4.78, 5) is 70.6. The highest BCUT2D eigenvalue weighted by Gasteiger charge is 2.31. The van der Waals surface area contributed by atoms with Crippen molar-refractivity contribution < 1.29 is 54.1 Å². The summed E-state index contributed by atoms with van der Waals surface area (Å²) in [6.07, 6.45) is 12.6. The van der Waals surface area contributed by atoms with Crippen molar-refractivity contribution >= 4 is 137 Å². The van der Waals surface area contributed by atoms with Crippen LogP contribution in [0.25, 0.3) is 32.7 Å². The number of nitrogens with zero attached hydrogens (tertiary/aromatic N) is 15. The molecule has 3 fully saturated rings. The maximum absolute atomic E-state index is 14.0. The van der Waals surface area contributed by atoms with Crippen LogP contribution in [0.5, 0.6) is 0 Å². The topological polar surface area (TPSA) is 301 Å². The number of aryl methyl sites for hydroxylation is 1. The van der Waals surface area contributed by atoms with Gasteiger partial charge in [-0.3, -0.25) is 28.5 Å². The van der Waals surface area contributed by atoms with Gasteiger partial charge in [0.25, 0.3) is 30.1 Å². The van der Waals surface area contributed by atoms with E-state index in [0.29, 0.717) is 106 Å². The Morgan fingerprint density at radius 2 is 1.06 bits per heavy atom. The molecule has 2 atom stereocenters. The molecule has 15 rings (SSSR count). The second-order valence-corrected chi connectivity index (χ2v) is 31.7. The van der Waals surface area contributed by atoms with Crippen LogP contribution in [0.4, 0.5) is 42.6 Å². The van der Waals surface area contributed by atoms with E-state index in [0.717, 1.165) is 45.0 Å². The van der Waals surface area contributed by atoms with Gasteiger partial charge in [0.15, 0.2) is 0 Å². The van der Waals surface area contributed by atoms with Crippen LogP contribution >= 0.6 is 23.1 Å². The number of halogens is 3. The van der Waals surface area contributed by atoms with Gasteiger partial charge < -0.3 is 43.1 Å². The molecule has 0 radical (unpaired) electrons. The maximum atomic E-state index is 14.0. The van der Waals surface area contributed by atoms with Crippen molar-refractivity contribution in [3.63, 3.8) is 0 Å². The molecule has 3 amide bonds. The lowest BCUT2D eigenvalue weighted by atomic mass is 10.1. The highest BCUT2D eigenvalue weighted by Crippen LogP contribution is 2.30. The van der Waals surface area contributed by atoms with Gasteiger partial charge in [-0.25, -0.2) is 59.0 Å². The molecule has 3 N–H and O–H groups in total. The molecular formula is C73H81ClF2N18O9S4. The van der Waals surface area contributed by atoms with Gasteiger partial charge in [-0.1, -0.05) is 29.8 Å². The summed E-state index contributed by atoms with van der Waals surface area (Å²) in [5, 5.41) is 2.95. The molecule has 0 saturated carbocycles. The second-order valence-electron chi connectivity index (χ2n) is 25.4. The highest BCUT2D eigenvalue weighted by molar-refractivity contribution is 7.93. The summed E-state index contributed by atoms with van der Waals surface area (Å²) in [5.74, 6) is -0.0615. The minimum absolute atomic E-state index is 0. The number of fused-ring (bicyclic) bond motifs is 3. The third-order valence-corrected chi connectivity index (χ3v) is 23.8. The molecule has 3 aliphatic rings. The molecule has 3 aliphatic heterocycles. The number of rotatable bonds is 19. The minimum atomic E-state index is -3.77. The van der Waals surface area contributed by atoms with Gasteiger partial charge >= 0.3 is 0 Å². The maximum Gasteiger partial charge on any atom is 0.263 e. The molecule has 3 saturated heterocycles. The van der Waals surface area contributed by atoms with Crippen LogP contribution in [0.3, 0.4) is 0 Å². The lowest BCUT2D eigenvalue weighted by Gasteiger charge is -2.41. The lowest BCUT2D eigenvalue weighted by molar-refractivity contribution is -0.135. The van der Waals surface area contributed by atoms with Gasteiger partial charge in [-0.2, -0.15) is 4.37 Å². The van der Waals surface area contributed by atoms with E-state index < -0.39 is 36.1 Å². The normalized spacial score (nSPS) is 15.3. The second kappa shape index (κ2) is 32.3. The Bertz CT molecular complexity index is 5510. The number of hydrogen-bond acceptors (Lipinski definition) is 19. The number of benzene rings is 6. The molecule has 562 valence electrons. The van der Waals surface area contributed by atoms with E-state index in [-0.39, 0.29) is 79.1 Å². The number of hydrogen-bond donors (Lipinski definition) is 3. The number of anilines is 6. The molecule has 0 unspecified atom stereocenters. The Balaban J connectivity index is 0.000000188. The van der Waals surface area contributed by atoms with Crippen molar-refractivity contribution in [3.8, 4) is 0 Å². The van der Waals surface area contributed by atoms with E-state index in [1.807, 2.05) is 91.0 Å². The third-order valence-electron chi connectivity index (χ3n) is 18.8. The van der Waals surface area contributed by atoms with E-state index in [1.54, 1.807) is 103 Å². The first-order chi connectivity index (χ1) is 51.5. The van der Waals surface area contributed by atoms with Crippen molar-refractivity contribution in [1.29, 1.82) is 0 Å². The summed E-state index contributed by atoms with van der Waals surface area (Å²) >= 11 is 7.09. The summed E-state index contributed by atoms with van der Waals surface area (Å²) in [6, 6.07) is 43.4. The molecular weight excluding hydrogens is 1470 g/mol. The summed E-state index contributed by atoms with van der Waals surface area (Å²) in [7, 11) is -11.3. The number of piperazine rings is 3. The largest absolute Gasteiger partial charge is 0.368 e. The van der Waals surface area contributed by atoms with Crippen molar-refractivity contribution in [1.82, 2.24) is 57.7 Å². The number of nitrogens with one attached hydrogen (secondary N) is 3. The van der Waals surface area contributed by atoms with E-state index in [9.17, 15) is 48.4 Å². The first-order valence-electron chi connectivity index (χ1n) is 34.1. The fourth-order valence-corrected chi connectivity index (χ4v) is 17.0. The van der Waals surface area contributed by atoms with Crippen molar-refractivity contribution in [2.24, 2.45) is 0 Å². The monoisotopic (exact) mass is 1550 g/mol. The minimum Gasteiger partial charge on any atom is -0.368 e. The Morgan fingerprint density at radius 1 is 0.542 bits per heavy atom. The van der Waals surface area contributed by atoms with Crippen LogP contribution in [-0.2, 0) is 57.5 Å². The van der Waals surface area contributed by atoms with E-state index in [4.69, 9.17) is 11.6 Å². The van der Waals surface area contributed by atoms with E-state index in [2.05, 4.69) is 58.2 Å². The first kappa shape index (κ1) is 74.2. The van der Waals surface area contributed by atoms with Crippen molar-refractivity contribution in [3.05, 3.63) is 224 Å². The summed E-state index contributed by atoms with van der Waals surface area (Å²) in [5.41, 5.74) is 5.09. The smallest absolute Gasteiger partial charge is 0.263 e. The SMILES string of the molecule is C[C@@H]1CN(c2ccc(S(=O)(=O)Nc3ccncn3)cc2)CCN1C(=O)CCn1ccc2c(F)cccc21.C[C@H](C(=O)N1CCN(c2ccc(S(=O)(=O)Nc3ncns3)cc2)CC1)n1ccc2c(F)cccc21.O=C(Cn1ccc2ccc(Cl)cc21)N1CCN(c2ccc(S(=O)(=O)Nc3ccncn3)cc2)CC1.[HH].[HH].[HH].[HH]. The van der Waals surface area contributed by atoms with Crippen molar-refractivity contribution in [2.45, 2.75) is 60.1 Å². The van der Waals surface area contributed by atoms with Gasteiger partial charge in [-0.15, -0.1) is 0 Å². The molecule has 107 heavy (non-hydrogen) atoms. The fourth-order valence-electron chi connectivity index (χ4n) is 13.1. The summed E-state index contributed by atoms with van der Waals surface area (Å²) < 4.78 is 120.